The number of carbonyl (C=O) groups excluding carboxylic acids is 4. The highest BCUT2D eigenvalue weighted by Crippen LogP contribution is 2.32. The van der Waals surface area contributed by atoms with Crippen LogP contribution in [0.4, 0.5) is 4.79 Å². The molecule has 0 aromatic heterocycles. The predicted molar refractivity (Wildman–Crippen MR) is 106 cm³/mol. The summed E-state index contributed by atoms with van der Waals surface area (Å²) in [7, 11) is 1.30. The van der Waals surface area contributed by atoms with Gasteiger partial charge < -0.3 is 4.74 Å². The van der Waals surface area contributed by atoms with E-state index in [1.165, 1.54) is 7.11 Å². The fraction of sp³-hybridized carbons (Fsp3) is 0.143. The van der Waals surface area contributed by atoms with Gasteiger partial charge in [-0.05, 0) is 42.5 Å². The van der Waals surface area contributed by atoms with Gasteiger partial charge in [-0.15, -0.1) is 0 Å². The van der Waals surface area contributed by atoms with Crippen LogP contribution < -0.4 is 0 Å². The molecule has 0 bridgehead atoms. The summed E-state index contributed by atoms with van der Waals surface area (Å²) >= 11 is 0.786. The number of carbonyl (C=O) groups is 4. The Labute approximate surface area is 166 Å². The van der Waals surface area contributed by atoms with Gasteiger partial charge in [0.2, 0.25) is 0 Å². The summed E-state index contributed by atoms with van der Waals surface area (Å²) in [4.78, 5) is 49.8. The lowest BCUT2D eigenvalue weighted by Crippen LogP contribution is -2.33. The Morgan fingerprint density at radius 1 is 1.00 bits per heavy atom. The van der Waals surface area contributed by atoms with Crippen molar-refractivity contribution in [3.8, 4) is 0 Å². The SMILES string of the molecule is COC(=O)c1ccc(/C=C2\SC(=O)N(CC(=O)c3ccc(C)cc3)C2=O)cc1. The number of imide groups is 1. The van der Waals surface area contributed by atoms with Crippen LogP contribution in [0, 0.1) is 6.92 Å². The van der Waals surface area contributed by atoms with Gasteiger partial charge in [0, 0.05) is 5.56 Å². The molecule has 2 amide bonds. The fourth-order valence-corrected chi connectivity index (χ4v) is 3.43. The summed E-state index contributed by atoms with van der Waals surface area (Å²) in [6.07, 6.45) is 1.56. The standard InChI is InChI=1S/C21H17NO5S/c1-13-3-7-15(8-4-13)17(23)12-22-19(24)18(28-21(22)26)11-14-5-9-16(10-6-14)20(25)27-2/h3-11H,12H2,1-2H3/b18-11-. The van der Waals surface area contributed by atoms with Crippen molar-refractivity contribution in [2.75, 3.05) is 13.7 Å². The Bertz CT molecular complexity index is 977. The van der Waals surface area contributed by atoms with Gasteiger partial charge in [0.05, 0.1) is 24.1 Å². The van der Waals surface area contributed by atoms with E-state index in [2.05, 4.69) is 4.74 Å². The molecule has 1 fully saturated rings. The number of aryl methyl sites for hydroxylation is 1. The number of ketones is 1. The van der Waals surface area contributed by atoms with Crippen molar-refractivity contribution < 1.29 is 23.9 Å². The molecule has 3 rings (SSSR count). The lowest BCUT2D eigenvalue weighted by molar-refractivity contribution is -0.122. The van der Waals surface area contributed by atoms with Crippen molar-refractivity contribution in [3.05, 3.63) is 75.7 Å². The van der Waals surface area contributed by atoms with E-state index in [4.69, 9.17) is 0 Å². The molecule has 0 saturated carbocycles. The van der Waals surface area contributed by atoms with Crippen LogP contribution in [0.25, 0.3) is 6.08 Å². The Morgan fingerprint density at radius 2 is 1.61 bits per heavy atom. The lowest BCUT2D eigenvalue weighted by atomic mass is 10.1. The zero-order valence-electron chi connectivity index (χ0n) is 15.3. The molecule has 6 nitrogen and oxygen atoms in total. The molecule has 0 N–H and O–H groups in total. The van der Waals surface area contributed by atoms with Gasteiger partial charge in [0.15, 0.2) is 5.78 Å². The normalized spacial score (nSPS) is 15.2. The number of benzene rings is 2. The molecule has 1 saturated heterocycles. The summed E-state index contributed by atoms with van der Waals surface area (Å²) in [6.45, 7) is 1.61. The van der Waals surface area contributed by atoms with Crippen LogP contribution >= 0.6 is 11.8 Å². The van der Waals surface area contributed by atoms with Gasteiger partial charge in [-0.3, -0.25) is 19.3 Å². The lowest BCUT2D eigenvalue weighted by Gasteiger charge is -2.11. The van der Waals surface area contributed by atoms with Gasteiger partial charge >= 0.3 is 5.97 Å². The molecule has 28 heavy (non-hydrogen) atoms. The molecule has 0 atom stereocenters. The largest absolute Gasteiger partial charge is 0.465 e. The minimum absolute atomic E-state index is 0.229. The van der Waals surface area contributed by atoms with E-state index in [0.717, 1.165) is 22.2 Å². The number of esters is 1. The molecule has 1 heterocycles. The van der Waals surface area contributed by atoms with E-state index < -0.39 is 17.1 Å². The number of hydrogen-bond donors (Lipinski definition) is 0. The van der Waals surface area contributed by atoms with Crippen molar-refractivity contribution in [2.24, 2.45) is 0 Å². The van der Waals surface area contributed by atoms with E-state index in [-0.39, 0.29) is 17.2 Å². The van der Waals surface area contributed by atoms with E-state index in [1.807, 2.05) is 6.92 Å². The number of ether oxygens (including phenoxy) is 1. The van der Waals surface area contributed by atoms with Crippen LogP contribution in [0.15, 0.2) is 53.4 Å². The zero-order chi connectivity index (χ0) is 20.3. The second-order valence-electron chi connectivity index (χ2n) is 6.17. The molecule has 1 aliphatic heterocycles. The quantitative estimate of drug-likeness (QED) is 0.436. The number of Topliss-reactive ketones (excluding diaryl/α,β-unsaturated/α-hetero) is 1. The number of nitrogens with zero attached hydrogens (tertiary/aromatic N) is 1. The molecule has 142 valence electrons. The minimum atomic E-state index is -0.507. The first kappa shape index (κ1) is 19.6. The molecule has 0 radical (unpaired) electrons. The highest BCUT2D eigenvalue weighted by molar-refractivity contribution is 8.18. The first-order chi connectivity index (χ1) is 13.4. The van der Waals surface area contributed by atoms with Gasteiger partial charge in [-0.1, -0.05) is 42.0 Å². The maximum absolute atomic E-state index is 12.6. The van der Waals surface area contributed by atoms with Gasteiger partial charge in [-0.2, -0.15) is 0 Å². The third-order valence-corrected chi connectivity index (χ3v) is 5.09. The predicted octanol–water partition coefficient (Wildman–Crippen LogP) is 3.70. The molecule has 0 aliphatic carbocycles. The number of amides is 2. The Balaban J connectivity index is 1.74. The van der Waals surface area contributed by atoms with Crippen LogP contribution in [0.2, 0.25) is 0 Å². The number of rotatable bonds is 5. The molecule has 0 spiro atoms. The van der Waals surface area contributed by atoms with E-state index in [9.17, 15) is 19.2 Å². The number of methoxy groups -OCH3 is 1. The summed E-state index contributed by atoms with van der Waals surface area (Å²) < 4.78 is 4.64. The molecule has 0 unspecified atom stereocenters. The smallest absolute Gasteiger partial charge is 0.337 e. The Morgan fingerprint density at radius 3 is 2.21 bits per heavy atom. The van der Waals surface area contributed by atoms with Crippen LogP contribution in [0.3, 0.4) is 0 Å². The maximum Gasteiger partial charge on any atom is 0.337 e. The molecule has 2 aromatic carbocycles. The van der Waals surface area contributed by atoms with E-state index in [1.54, 1.807) is 54.6 Å². The summed E-state index contributed by atoms with van der Waals surface area (Å²) in [5.74, 6) is -1.26. The summed E-state index contributed by atoms with van der Waals surface area (Å²) in [5.41, 5.74) is 2.51. The zero-order valence-corrected chi connectivity index (χ0v) is 16.1. The first-order valence-electron chi connectivity index (χ1n) is 8.42. The molecular formula is C21H17NO5S. The van der Waals surface area contributed by atoms with E-state index >= 15 is 0 Å². The van der Waals surface area contributed by atoms with Crippen molar-refractivity contribution in [2.45, 2.75) is 6.92 Å². The monoisotopic (exact) mass is 395 g/mol. The minimum Gasteiger partial charge on any atom is -0.465 e. The van der Waals surface area contributed by atoms with Gasteiger partial charge in [0.25, 0.3) is 11.1 Å². The average Bonchev–Trinajstić information content (AvgIpc) is 2.95. The van der Waals surface area contributed by atoms with Gasteiger partial charge in [0.1, 0.15) is 0 Å². The van der Waals surface area contributed by atoms with Crippen molar-refractivity contribution in [1.29, 1.82) is 0 Å². The molecule has 2 aromatic rings. The second kappa shape index (κ2) is 8.22. The third-order valence-electron chi connectivity index (χ3n) is 4.18. The van der Waals surface area contributed by atoms with Crippen LogP contribution in [0.1, 0.15) is 31.8 Å². The van der Waals surface area contributed by atoms with Crippen LogP contribution in [-0.2, 0) is 9.53 Å². The second-order valence-corrected chi connectivity index (χ2v) is 7.16. The van der Waals surface area contributed by atoms with Crippen molar-refractivity contribution >= 4 is 40.7 Å². The maximum atomic E-state index is 12.6. The molecule has 7 heteroatoms. The summed E-state index contributed by atoms with van der Waals surface area (Å²) in [6, 6.07) is 13.4. The Kier molecular flexibility index (Phi) is 5.75. The van der Waals surface area contributed by atoms with E-state index in [0.29, 0.717) is 16.7 Å². The summed E-state index contributed by atoms with van der Waals surface area (Å²) in [5, 5.41) is -0.483. The number of thioether (sulfide) groups is 1. The average molecular weight is 395 g/mol. The number of hydrogen-bond acceptors (Lipinski definition) is 6. The molecule has 1 aliphatic rings. The topological polar surface area (TPSA) is 80.8 Å². The Hall–Kier alpha value is -3.19. The van der Waals surface area contributed by atoms with Gasteiger partial charge in [-0.25, -0.2) is 4.79 Å². The van der Waals surface area contributed by atoms with Crippen molar-refractivity contribution in [3.63, 3.8) is 0 Å². The van der Waals surface area contributed by atoms with Crippen LogP contribution in [-0.4, -0.2) is 41.5 Å². The fourth-order valence-electron chi connectivity index (χ4n) is 2.60. The third kappa shape index (κ3) is 4.20. The first-order valence-corrected chi connectivity index (χ1v) is 9.24. The molecular weight excluding hydrogens is 378 g/mol. The highest BCUT2D eigenvalue weighted by Gasteiger charge is 2.36. The van der Waals surface area contributed by atoms with Crippen molar-refractivity contribution in [1.82, 2.24) is 4.90 Å². The highest BCUT2D eigenvalue weighted by atomic mass is 32.2. The van der Waals surface area contributed by atoms with Crippen LogP contribution in [0.5, 0.6) is 0 Å².